The first-order valence-electron chi connectivity index (χ1n) is 8.28. The molecule has 1 aliphatic heterocycles. The summed E-state index contributed by atoms with van der Waals surface area (Å²) in [6.45, 7) is 2.63. The fourth-order valence-electron chi connectivity index (χ4n) is 3.02. The van der Waals surface area contributed by atoms with Crippen molar-refractivity contribution in [3.8, 4) is 5.75 Å². The van der Waals surface area contributed by atoms with E-state index in [4.69, 9.17) is 4.74 Å². The van der Waals surface area contributed by atoms with Gasteiger partial charge < -0.3 is 15.0 Å². The fraction of sp³-hybridized carbons (Fsp3) is 0.611. The van der Waals surface area contributed by atoms with Gasteiger partial charge in [0.1, 0.15) is 5.75 Å². The number of nitrogens with zero attached hydrogens (tertiary/aromatic N) is 1. The molecular formula is C18H29ClN2O2. The van der Waals surface area contributed by atoms with Gasteiger partial charge in [-0.3, -0.25) is 4.79 Å². The summed E-state index contributed by atoms with van der Waals surface area (Å²) in [4.78, 5) is 14.0. The predicted molar refractivity (Wildman–Crippen MR) is 96.4 cm³/mol. The van der Waals surface area contributed by atoms with Gasteiger partial charge in [-0.15, -0.1) is 12.4 Å². The Morgan fingerprint density at radius 2 is 1.91 bits per heavy atom. The molecule has 4 nitrogen and oxygen atoms in total. The third kappa shape index (κ3) is 6.40. The number of hydrogen-bond acceptors (Lipinski definition) is 3. The molecule has 23 heavy (non-hydrogen) atoms. The van der Waals surface area contributed by atoms with Crippen LogP contribution in [0.2, 0.25) is 0 Å². The monoisotopic (exact) mass is 340 g/mol. The van der Waals surface area contributed by atoms with Crippen molar-refractivity contribution >= 4 is 18.3 Å². The molecular weight excluding hydrogens is 312 g/mol. The minimum absolute atomic E-state index is 0. The zero-order valence-electron chi connectivity index (χ0n) is 14.2. The summed E-state index contributed by atoms with van der Waals surface area (Å²) in [6.07, 6.45) is 5.23. The highest BCUT2D eigenvalue weighted by atomic mass is 35.5. The number of halogens is 1. The average molecular weight is 341 g/mol. The van der Waals surface area contributed by atoms with E-state index in [0.717, 1.165) is 50.6 Å². The van der Waals surface area contributed by atoms with Crippen molar-refractivity contribution in [3.63, 3.8) is 0 Å². The van der Waals surface area contributed by atoms with E-state index in [1.54, 1.807) is 7.11 Å². The van der Waals surface area contributed by atoms with Crippen LogP contribution in [-0.4, -0.2) is 44.6 Å². The lowest BCUT2D eigenvalue weighted by Gasteiger charge is -2.32. The molecule has 130 valence electrons. The Morgan fingerprint density at radius 3 is 2.48 bits per heavy atom. The predicted octanol–water partition coefficient (Wildman–Crippen LogP) is 2.90. The fourth-order valence-corrected chi connectivity index (χ4v) is 3.02. The van der Waals surface area contributed by atoms with E-state index in [2.05, 4.69) is 17.4 Å². The van der Waals surface area contributed by atoms with Crippen molar-refractivity contribution in [3.05, 3.63) is 29.8 Å². The molecule has 0 bridgehead atoms. The van der Waals surface area contributed by atoms with E-state index in [1.165, 1.54) is 12.0 Å². The zero-order chi connectivity index (χ0) is 15.8. The average Bonchev–Trinajstić information content (AvgIpc) is 2.58. The number of nitrogens with one attached hydrogen (secondary N) is 1. The Morgan fingerprint density at radius 1 is 1.26 bits per heavy atom. The molecule has 1 saturated heterocycles. The largest absolute Gasteiger partial charge is 0.497 e. The van der Waals surface area contributed by atoms with Crippen LogP contribution in [0.5, 0.6) is 5.75 Å². The van der Waals surface area contributed by atoms with Gasteiger partial charge in [0.05, 0.1) is 7.11 Å². The highest BCUT2D eigenvalue weighted by molar-refractivity contribution is 5.85. The molecule has 5 heteroatoms. The van der Waals surface area contributed by atoms with Crippen molar-refractivity contribution in [1.29, 1.82) is 0 Å². The maximum Gasteiger partial charge on any atom is 0.223 e. The lowest BCUT2D eigenvalue weighted by molar-refractivity contribution is -0.132. The Labute approximate surface area is 146 Å². The smallest absolute Gasteiger partial charge is 0.223 e. The Bertz CT molecular complexity index is 457. The molecule has 1 aromatic rings. The summed E-state index contributed by atoms with van der Waals surface area (Å²) in [5, 5.41) is 3.04. The Balaban J connectivity index is 0.00000264. The van der Waals surface area contributed by atoms with Crippen molar-refractivity contribution < 1.29 is 9.53 Å². The van der Waals surface area contributed by atoms with Crippen LogP contribution in [-0.2, 0) is 11.2 Å². The maximum absolute atomic E-state index is 12.0. The number of ether oxygens (including phenoxy) is 1. The molecule has 1 N–H and O–H groups in total. The summed E-state index contributed by atoms with van der Waals surface area (Å²) in [7, 11) is 3.58. The SMILES string of the molecule is CNCCC(=O)N1CCC(CCc2ccc(OC)cc2)CC1.Cl. The van der Waals surface area contributed by atoms with Crippen LogP contribution in [0.15, 0.2) is 24.3 Å². The van der Waals surface area contributed by atoms with Crippen LogP contribution in [0.3, 0.4) is 0 Å². The minimum Gasteiger partial charge on any atom is -0.497 e. The molecule has 1 aromatic carbocycles. The third-order valence-electron chi connectivity index (χ3n) is 4.56. The number of aryl methyl sites for hydroxylation is 1. The van der Waals surface area contributed by atoms with E-state index in [1.807, 2.05) is 24.1 Å². The second-order valence-corrected chi connectivity index (χ2v) is 6.06. The number of carbonyl (C=O) groups is 1. The molecule has 0 unspecified atom stereocenters. The van der Waals surface area contributed by atoms with E-state index in [-0.39, 0.29) is 12.4 Å². The number of piperidine rings is 1. The normalized spacial score (nSPS) is 15.1. The van der Waals surface area contributed by atoms with E-state index >= 15 is 0 Å². The van der Waals surface area contributed by atoms with Crippen molar-refractivity contribution in [2.75, 3.05) is 33.8 Å². The maximum atomic E-state index is 12.0. The minimum atomic E-state index is 0. The van der Waals surface area contributed by atoms with Gasteiger partial charge in [0.2, 0.25) is 5.91 Å². The molecule has 0 aromatic heterocycles. The van der Waals surface area contributed by atoms with Gasteiger partial charge in [-0.25, -0.2) is 0 Å². The van der Waals surface area contributed by atoms with Gasteiger partial charge in [0, 0.05) is 26.1 Å². The molecule has 1 fully saturated rings. The zero-order valence-corrected chi connectivity index (χ0v) is 15.0. The second-order valence-electron chi connectivity index (χ2n) is 6.06. The van der Waals surface area contributed by atoms with Gasteiger partial charge in [0.25, 0.3) is 0 Å². The van der Waals surface area contributed by atoms with Crippen molar-refractivity contribution in [2.45, 2.75) is 32.1 Å². The molecule has 0 atom stereocenters. The van der Waals surface area contributed by atoms with Gasteiger partial charge in [-0.05, 0) is 56.3 Å². The van der Waals surface area contributed by atoms with Crippen LogP contribution in [0.1, 0.15) is 31.2 Å². The highest BCUT2D eigenvalue weighted by Crippen LogP contribution is 2.23. The van der Waals surface area contributed by atoms with Gasteiger partial charge >= 0.3 is 0 Å². The van der Waals surface area contributed by atoms with Gasteiger partial charge in [0.15, 0.2) is 0 Å². The van der Waals surface area contributed by atoms with Crippen LogP contribution < -0.4 is 10.1 Å². The quantitative estimate of drug-likeness (QED) is 0.829. The first kappa shape index (κ1) is 19.8. The molecule has 0 aliphatic carbocycles. The summed E-state index contributed by atoms with van der Waals surface area (Å²) in [5.41, 5.74) is 1.37. The third-order valence-corrected chi connectivity index (χ3v) is 4.56. The summed E-state index contributed by atoms with van der Waals surface area (Å²) in [6, 6.07) is 8.35. The number of amides is 1. The van der Waals surface area contributed by atoms with Crippen molar-refractivity contribution in [2.24, 2.45) is 5.92 Å². The number of methoxy groups -OCH3 is 1. The number of benzene rings is 1. The molecule has 1 amide bonds. The highest BCUT2D eigenvalue weighted by Gasteiger charge is 2.22. The lowest BCUT2D eigenvalue weighted by atomic mass is 9.90. The first-order chi connectivity index (χ1) is 10.7. The Hall–Kier alpha value is -1.26. The van der Waals surface area contributed by atoms with Gasteiger partial charge in [-0.2, -0.15) is 0 Å². The van der Waals surface area contributed by atoms with Crippen LogP contribution in [0, 0.1) is 5.92 Å². The second kappa shape index (κ2) is 10.5. The molecule has 1 heterocycles. The molecule has 0 radical (unpaired) electrons. The first-order valence-corrected chi connectivity index (χ1v) is 8.28. The number of hydrogen-bond donors (Lipinski definition) is 1. The topological polar surface area (TPSA) is 41.6 Å². The van der Waals surface area contributed by atoms with E-state index in [9.17, 15) is 4.79 Å². The van der Waals surface area contributed by atoms with E-state index < -0.39 is 0 Å². The number of rotatable bonds is 7. The molecule has 0 saturated carbocycles. The van der Waals surface area contributed by atoms with Crippen LogP contribution in [0.4, 0.5) is 0 Å². The molecule has 0 spiro atoms. The lowest BCUT2D eigenvalue weighted by Crippen LogP contribution is -2.39. The standard InChI is InChI=1S/C18H28N2O2.ClH/c1-19-12-9-18(21)20-13-10-16(11-14-20)4-3-15-5-7-17(22-2)8-6-15;/h5-8,16,19H,3-4,9-14H2,1-2H3;1H. The van der Waals surface area contributed by atoms with Crippen LogP contribution in [0.25, 0.3) is 0 Å². The molecule has 2 rings (SSSR count). The van der Waals surface area contributed by atoms with Crippen LogP contribution >= 0.6 is 12.4 Å². The van der Waals surface area contributed by atoms with Gasteiger partial charge in [-0.1, -0.05) is 12.1 Å². The number of carbonyl (C=O) groups excluding carboxylic acids is 1. The molecule has 1 aliphatic rings. The summed E-state index contributed by atoms with van der Waals surface area (Å²) >= 11 is 0. The van der Waals surface area contributed by atoms with Crippen molar-refractivity contribution in [1.82, 2.24) is 10.2 Å². The van der Waals surface area contributed by atoms with E-state index in [0.29, 0.717) is 12.3 Å². The number of likely N-dealkylation sites (tertiary alicyclic amines) is 1. The summed E-state index contributed by atoms with van der Waals surface area (Å²) in [5.74, 6) is 1.95. The summed E-state index contributed by atoms with van der Waals surface area (Å²) < 4.78 is 5.18. The Kier molecular flexibility index (Phi) is 9.03.